The number of hydrogen-bond donors (Lipinski definition) is 1. The molecule has 0 heterocycles. The molecule has 1 aliphatic rings. The Morgan fingerprint density at radius 3 is 2.11 bits per heavy atom. The van der Waals surface area contributed by atoms with Crippen molar-refractivity contribution in [3.63, 3.8) is 0 Å². The van der Waals surface area contributed by atoms with Crippen molar-refractivity contribution in [2.24, 2.45) is 11.8 Å². The first-order chi connectivity index (χ1) is 9.09. The lowest BCUT2D eigenvalue weighted by Gasteiger charge is -2.36. The van der Waals surface area contributed by atoms with Gasteiger partial charge >= 0.3 is 0 Å². The molecule has 2 unspecified atom stereocenters. The number of unbranched alkanes of at least 4 members (excludes halogenated alkanes) is 6. The number of rotatable bonds is 10. The Morgan fingerprint density at radius 2 is 1.53 bits per heavy atom. The average Bonchev–Trinajstić information content (AvgIpc) is 2.39. The fourth-order valence-corrected chi connectivity index (χ4v) is 2.78. The van der Waals surface area contributed by atoms with E-state index < -0.39 is 0 Å². The van der Waals surface area contributed by atoms with Crippen LogP contribution in [0.1, 0.15) is 65.7 Å². The number of hydrogen-bond acceptors (Lipinski definition) is 3. The molecule has 3 nitrogen and oxygen atoms in total. The van der Waals surface area contributed by atoms with Gasteiger partial charge in [-0.2, -0.15) is 0 Å². The van der Waals surface area contributed by atoms with E-state index in [1.54, 1.807) is 0 Å². The van der Waals surface area contributed by atoms with Gasteiger partial charge in [0.1, 0.15) is 0 Å². The van der Waals surface area contributed by atoms with Gasteiger partial charge < -0.3 is 5.32 Å². The van der Waals surface area contributed by atoms with Gasteiger partial charge in [-0.05, 0) is 18.9 Å². The second kappa shape index (κ2) is 8.47. The van der Waals surface area contributed by atoms with Crippen molar-refractivity contribution in [1.29, 1.82) is 0 Å². The number of carbonyl (C=O) groups excluding carboxylic acids is 2. The van der Waals surface area contributed by atoms with E-state index in [4.69, 9.17) is 0 Å². The predicted molar refractivity (Wildman–Crippen MR) is 78.1 cm³/mol. The molecule has 0 spiro atoms. The Hall–Kier alpha value is -0.700. The van der Waals surface area contributed by atoms with Crippen LogP contribution in [0.3, 0.4) is 0 Å². The summed E-state index contributed by atoms with van der Waals surface area (Å²) in [6.45, 7) is 7.11. The fraction of sp³-hybridized carbons (Fsp3) is 0.875. The highest BCUT2D eigenvalue weighted by Crippen LogP contribution is 2.27. The molecule has 3 heteroatoms. The molecule has 0 radical (unpaired) electrons. The Bertz CT molecular complexity index is 299. The molecule has 0 aromatic rings. The summed E-state index contributed by atoms with van der Waals surface area (Å²) >= 11 is 0. The van der Waals surface area contributed by atoms with Crippen LogP contribution in [-0.4, -0.2) is 24.2 Å². The van der Waals surface area contributed by atoms with Crippen LogP contribution in [0.15, 0.2) is 0 Å². The fourth-order valence-electron chi connectivity index (χ4n) is 2.78. The molecular formula is C16H29NO2. The van der Waals surface area contributed by atoms with Gasteiger partial charge in [0.05, 0.1) is 12.0 Å². The summed E-state index contributed by atoms with van der Waals surface area (Å²) in [5.41, 5.74) is 0. The van der Waals surface area contributed by atoms with E-state index in [0.717, 1.165) is 13.0 Å². The third-order valence-corrected chi connectivity index (χ3v) is 4.05. The van der Waals surface area contributed by atoms with E-state index in [2.05, 4.69) is 12.2 Å². The van der Waals surface area contributed by atoms with Crippen LogP contribution in [0.25, 0.3) is 0 Å². The Labute approximate surface area is 117 Å². The minimum absolute atomic E-state index is 0.0861. The summed E-state index contributed by atoms with van der Waals surface area (Å²) < 4.78 is 0. The second-order valence-electron chi connectivity index (χ2n) is 6.05. The van der Waals surface area contributed by atoms with Crippen LogP contribution in [-0.2, 0) is 9.59 Å². The molecule has 0 aromatic carbocycles. The van der Waals surface area contributed by atoms with Crippen molar-refractivity contribution < 1.29 is 9.59 Å². The van der Waals surface area contributed by atoms with E-state index in [-0.39, 0.29) is 29.4 Å². The lowest BCUT2D eigenvalue weighted by Crippen LogP contribution is -2.62. The maximum Gasteiger partial charge on any atom is 0.216 e. The molecule has 1 saturated carbocycles. The van der Waals surface area contributed by atoms with Crippen molar-refractivity contribution in [3.8, 4) is 0 Å². The normalized spacial score (nSPS) is 22.9. The van der Waals surface area contributed by atoms with Crippen molar-refractivity contribution >= 4 is 11.6 Å². The average molecular weight is 267 g/mol. The minimum atomic E-state index is -0.207. The molecule has 1 fully saturated rings. The van der Waals surface area contributed by atoms with Crippen LogP contribution >= 0.6 is 0 Å². The largest absolute Gasteiger partial charge is 0.306 e. The van der Waals surface area contributed by atoms with E-state index in [1.807, 2.05) is 13.8 Å². The molecule has 19 heavy (non-hydrogen) atoms. The maximum atomic E-state index is 11.5. The SMILES string of the molecule is CCCCCCCCCNC1C(=O)C(=O)C1C(C)C. The highest BCUT2D eigenvalue weighted by molar-refractivity contribution is 6.47. The van der Waals surface area contributed by atoms with Gasteiger partial charge in [-0.15, -0.1) is 0 Å². The first-order valence-corrected chi connectivity index (χ1v) is 7.91. The predicted octanol–water partition coefficient (Wildman–Crippen LogP) is 3.12. The Balaban J connectivity index is 2.06. The zero-order valence-electron chi connectivity index (χ0n) is 12.7. The molecule has 1 aliphatic carbocycles. The number of Topliss-reactive ketones (excluding diaryl/α,β-unsaturated/α-hetero) is 2. The summed E-state index contributed by atoms with van der Waals surface area (Å²) in [6.07, 6.45) is 8.90. The zero-order chi connectivity index (χ0) is 14.3. The molecule has 0 bridgehead atoms. The monoisotopic (exact) mass is 267 g/mol. The lowest BCUT2D eigenvalue weighted by atomic mass is 9.70. The number of ketones is 2. The number of carbonyl (C=O) groups is 2. The van der Waals surface area contributed by atoms with E-state index >= 15 is 0 Å². The molecule has 110 valence electrons. The Morgan fingerprint density at radius 1 is 0.947 bits per heavy atom. The molecule has 1 rings (SSSR count). The van der Waals surface area contributed by atoms with Gasteiger partial charge in [-0.1, -0.05) is 59.3 Å². The molecule has 0 saturated heterocycles. The molecule has 2 atom stereocenters. The molecule has 1 N–H and O–H groups in total. The van der Waals surface area contributed by atoms with Crippen LogP contribution in [0.5, 0.6) is 0 Å². The Kier molecular flexibility index (Phi) is 7.29. The first kappa shape index (κ1) is 16.4. The standard InChI is InChI=1S/C16H29NO2/c1-4-5-6-7-8-9-10-11-17-14-13(12(2)3)15(18)16(14)19/h12-14,17H,4-11H2,1-3H3. The van der Waals surface area contributed by atoms with E-state index in [9.17, 15) is 9.59 Å². The second-order valence-corrected chi connectivity index (χ2v) is 6.05. The van der Waals surface area contributed by atoms with E-state index in [1.165, 1.54) is 38.5 Å². The summed E-state index contributed by atoms with van der Waals surface area (Å²) in [4.78, 5) is 23.0. The van der Waals surface area contributed by atoms with Crippen LogP contribution < -0.4 is 5.32 Å². The molecule has 0 amide bonds. The molecular weight excluding hydrogens is 238 g/mol. The molecule has 0 aromatic heterocycles. The van der Waals surface area contributed by atoms with Gasteiger partial charge in [-0.25, -0.2) is 0 Å². The smallest absolute Gasteiger partial charge is 0.216 e. The van der Waals surface area contributed by atoms with Crippen molar-refractivity contribution in [2.45, 2.75) is 71.8 Å². The van der Waals surface area contributed by atoms with Gasteiger partial charge in [0, 0.05) is 0 Å². The summed E-state index contributed by atoms with van der Waals surface area (Å²) in [7, 11) is 0. The topological polar surface area (TPSA) is 46.2 Å². The number of nitrogens with one attached hydrogen (secondary N) is 1. The highest BCUT2D eigenvalue weighted by atomic mass is 16.2. The van der Waals surface area contributed by atoms with Crippen molar-refractivity contribution in [3.05, 3.63) is 0 Å². The molecule has 0 aliphatic heterocycles. The third kappa shape index (κ3) is 4.72. The summed E-state index contributed by atoms with van der Waals surface area (Å²) in [6, 6.07) is -0.201. The van der Waals surface area contributed by atoms with Crippen LogP contribution in [0.4, 0.5) is 0 Å². The summed E-state index contributed by atoms with van der Waals surface area (Å²) in [5, 5.41) is 3.26. The van der Waals surface area contributed by atoms with Gasteiger partial charge in [0.25, 0.3) is 0 Å². The maximum absolute atomic E-state index is 11.5. The van der Waals surface area contributed by atoms with Crippen LogP contribution in [0.2, 0.25) is 0 Å². The summed E-state index contributed by atoms with van der Waals surface area (Å²) in [5.74, 6) is -0.206. The van der Waals surface area contributed by atoms with Crippen molar-refractivity contribution in [1.82, 2.24) is 5.32 Å². The third-order valence-electron chi connectivity index (χ3n) is 4.05. The van der Waals surface area contributed by atoms with Gasteiger partial charge in [0.2, 0.25) is 11.6 Å². The minimum Gasteiger partial charge on any atom is -0.306 e. The lowest BCUT2D eigenvalue weighted by molar-refractivity contribution is -0.151. The van der Waals surface area contributed by atoms with Crippen molar-refractivity contribution in [2.75, 3.05) is 6.54 Å². The zero-order valence-corrected chi connectivity index (χ0v) is 12.7. The highest BCUT2D eigenvalue weighted by Gasteiger charge is 2.49. The quantitative estimate of drug-likeness (QED) is 0.488. The van der Waals surface area contributed by atoms with Gasteiger partial charge in [-0.3, -0.25) is 9.59 Å². The van der Waals surface area contributed by atoms with Crippen LogP contribution in [0, 0.1) is 11.8 Å². The van der Waals surface area contributed by atoms with Gasteiger partial charge in [0.15, 0.2) is 0 Å². The van der Waals surface area contributed by atoms with E-state index in [0.29, 0.717) is 0 Å². The first-order valence-electron chi connectivity index (χ1n) is 7.91.